The van der Waals surface area contributed by atoms with Gasteiger partial charge in [-0.25, -0.2) is 10.1 Å². The van der Waals surface area contributed by atoms with E-state index in [4.69, 9.17) is 15.1 Å². The van der Waals surface area contributed by atoms with Crippen LogP contribution in [-0.2, 0) is 24.8 Å². The molecule has 0 aliphatic carbocycles. The third kappa shape index (κ3) is 4.65. The average molecular weight is 418 g/mol. The van der Waals surface area contributed by atoms with Crippen LogP contribution in [0.4, 0.5) is 0 Å². The molecule has 0 fully saturated rings. The van der Waals surface area contributed by atoms with Crippen molar-refractivity contribution in [1.82, 2.24) is 0 Å². The van der Waals surface area contributed by atoms with E-state index in [0.717, 1.165) is 0 Å². The molecule has 3 aromatic carbocycles. The van der Waals surface area contributed by atoms with E-state index in [2.05, 4.69) is 4.89 Å². The summed E-state index contributed by atoms with van der Waals surface area (Å²) < 4.78 is 6.14. The zero-order valence-electron chi connectivity index (χ0n) is 16.9. The van der Waals surface area contributed by atoms with Crippen LogP contribution in [-0.4, -0.2) is 22.3 Å². The van der Waals surface area contributed by atoms with Crippen LogP contribution < -0.4 is 0 Å². The minimum atomic E-state index is -1.31. The van der Waals surface area contributed by atoms with E-state index >= 15 is 0 Å². The number of carbonyl (C=O) groups is 2. The van der Waals surface area contributed by atoms with Gasteiger partial charge in [0.15, 0.2) is 11.4 Å². The van der Waals surface area contributed by atoms with E-state index in [1.165, 1.54) is 6.92 Å². The van der Waals surface area contributed by atoms with Gasteiger partial charge in [0.1, 0.15) is 6.42 Å². The van der Waals surface area contributed by atoms with Gasteiger partial charge in [0.05, 0.1) is 5.57 Å². The van der Waals surface area contributed by atoms with Gasteiger partial charge in [0, 0.05) is 16.7 Å². The number of hydrogen-bond acceptors (Lipinski definition) is 5. The van der Waals surface area contributed by atoms with E-state index < -0.39 is 24.0 Å². The highest BCUT2D eigenvalue weighted by molar-refractivity contribution is 5.90. The fourth-order valence-electron chi connectivity index (χ4n) is 3.40. The van der Waals surface area contributed by atoms with Gasteiger partial charge < -0.3 is 14.7 Å². The zero-order valence-corrected chi connectivity index (χ0v) is 16.9. The van der Waals surface area contributed by atoms with E-state index in [0.29, 0.717) is 16.7 Å². The third-order valence-electron chi connectivity index (χ3n) is 4.93. The van der Waals surface area contributed by atoms with Gasteiger partial charge in [-0.15, -0.1) is 0 Å². The van der Waals surface area contributed by atoms with E-state index in [9.17, 15) is 9.59 Å². The van der Waals surface area contributed by atoms with Crippen LogP contribution in [0.15, 0.2) is 102 Å². The second kappa shape index (κ2) is 9.73. The molecular weight excluding hydrogens is 396 g/mol. The van der Waals surface area contributed by atoms with Gasteiger partial charge >= 0.3 is 11.9 Å². The molecule has 31 heavy (non-hydrogen) atoms. The first-order valence-electron chi connectivity index (χ1n) is 9.62. The van der Waals surface area contributed by atoms with Crippen LogP contribution in [0.2, 0.25) is 0 Å². The van der Waals surface area contributed by atoms with Gasteiger partial charge in [-0.05, 0) is 6.92 Å². The van der Waals surface area contributed by atoms with Gasteiger partial charge in [-0.2, -0.15) is 0 Å². The molecule has 6 nitrogen and oxygen atoms in total. The molecular formula is C25H22O6. The lowest BCUT2D eigenvalue weighted by Crippen LogP contribution is -2.35. The molecule has 0 radical (unpaired) electrons. The first-order valence-corrected chi connectivity index (χ1v) is 9.62. The third-order valence-corrected chi connectivity index (χ3v) is 4.93. The molecule has 0 aliphatic rings. The summed E-state index contributed by atoms with van der Waals surface area (Å²) in [6.07, 6.45) is -0.660. The van der Waals surface area contributed by atoms with Crippen molar-refractivity contribution < 1.29 is 29.6 Å². The first kappa shape index (κ1) is 21.8. The Morgan fingerprint density at radius 3 is 1.48 bits per heavy atom. The standard InChI is InChI=1S/C25H22O6/c1-18(22(31-29)17-23(26)27)24(28)30-25(19-11-5-2-6-12-19,20-13-7-3-8-14-20)21-15-9-4-10-16-21/h2-16,29H,17H2,1H3,(H,26,27). The summed E-state index contributed by atoms with van der Waals surface area (Å²) in [5.74, 6) is -2.46. The molecule has 0 aromatic heterocycles. The van der Waals surface area contributed by atoms with E-state index in [1.807, 2.05) is 91.0 Å². The van der Waals surface area contributed by atoms with Gasteiger partial charge in [-0.1, -0.05) is 91.0 Å². The Morgan fingerprint density at radius 1 is 0.774 bits per heavy atom. The maximum Gasteiger partial charge on any atom is 0.338 e. The number of esters is 1. The predicted octanol–water partition coefficient (Wildman–Crippen LogP) is 4.76. The van der Waals surface area contributed by atoms with Crippen molar-refractivity contribution >= 4 is 11.9 Å². The molecule has 0 amide bonds. The number of carboxylic acid groups (broad SMARTS) is 1. The number of rotatable bonds is 8. The van der Waals surface area contributed by atoms with Gasteiger partial charge in [0.25, 0.3) is 0 Å². The number of aliphatic carboxylic acids is 1. The molecule has 0 spiro atoms. The number of carbonyl (C=O) groups excluding carboxylic acids is 1. The average Bonchev–Trinajstić information content (AvgIpc) is 2.82. The normalized spacial score (nSPS) is 11.9. The molecule has 3 rings (SSSR count). The van der Waals surface area contributed by atoms with Crippen LogP contribution in [0.3, 0.4) is 0 Å². The first-order chi connectivity index (χ1) is 15.0. The highest BCUT2D eigenvalue weighted by Gasteiger charge is 2.41. The Balaban J connectivity index is 2.22. The molecule has 0 aliphatic heterocycles. The summed E-state index contributed by atoms with van der Waals surface area (Å²) in [6, 6.07) is 27.8. The second-order valence-corrected chi connectivity index (χ2v) is 6.88. The highest BCUT2D eigenvalue weighted by Crippen LogP contribution is 2.41. The van der Waals surface area contributed by atoms with E-state index in [-0.39, 0.29) is 11.3 Å². The van der Waals surface area contributed by atoms with Crippen molar-refractivity contribution in [3.63, 3.8) is 0 Å². The Morgan fingerprint density at radius 2 is 1.16 bits per heavy atom. The summed E-state index contributed by atoms with van der Waals surface area (Å²) in [7, 11) is 0. The second-order valence-electron chi connectivity index (χ2n) is 6.88. The van der Waals surface area contributed by atoms with Crippen LogP contribution in [0.5, 0.6) is 0 Å². The monoisotopic (exact) mass is 418 g/mol. The maximum absolute atomic E-state index is 13.2. The molecule has 0 heterocycles. The predicted molar refractivity (Wildman–Crippen MR) is 114 cm³/mol. The Bertz CT molecular complexity index is 962. The minimum absolute atomic E-state index is 0.142. The van der Waals surface area contributed by atoms with Crippen LogP contribution in [0, 0.1) is 0 Å². The number of benzene rings is 3. The molecule has 2 N–H and O–H groups in total. The molecule has 0 bridgehead atoms. The molecule has 0 saturated carbocycles. The lowest BCUT2D eigenvalue weighted by atomic mass is 9.80. The summed E-state index contributed by atoms with van der Waals surface area (Å²) in [6.45, 7) is 1.35. The number of hydrogen-bond donors (Lipinski definition) is 2. The Labute approximate surface area is 179 Å². The Kier molecular flexibility index (Phi) is 6.85. The van der Waals surface area contributed by atoms with Crippen molar-refractivity contribution in [3.05, 3.63) is 119 Å². The van der Waals surface area contributed by atoms with Crippen molar-refractivity contribution in [2.24, 2.45) is 0 Å². The lowest BCUT2D eigenvalue weighted by Gasteiger charge is -2.35. The van der Waals surface area contributed by atoms with Gasteiger partial charge in [-0.3, -0.25) is 4.79 Å². The largest absolute Gasteiger partial charge is 0.481 e. The summed E-state index contributed by atoms with van der Waals surface area (Å²) in [5.41, 5.74) is 0.665. The summed E-state index contributed by atoms with van der Waals surface area (Å²) in [4.78, 5) is 28.4. The van der Waals surface area contributed by atoms with Crippen LogP contribution in [0.25, 0.3) is 0 Å². The van der Waals surface area contributed by atoms with E-state index in [1.54, 1.807) is 0 Å². The van der Waals surface area contributed by atoms with Crippen molar-refractivity contribution in [2.75, 3.05) is 0 Å². The zero-order chi connectivity index (χ0) is 22.3. The quantitative estimate of drug-likeness (QED) is 0.137. The van der Waals surface area contributed by atoms with Crippen LogP contribution in [0.1, 0.15) is 30.0 Å². The fraction of sp³-hybridized carbons (Fsp3) is 0.120. The van der Waals surface area contributed by atoms with Gasteiger partial charge in [0.2, 0.25) is 0 Å². The smallest absolute Gasteiger partial charge is 0.338 e. The maximum atomic E-state index is 13.2. The lowest BCUT2D eigenvalue weighted by molar-refractivity contribution is -0.208. The minimum Gasteiger partial charge on any atom is -0.481 e. The molecule has 6 heteroatoms. The summed E-state index contributed by atoms with van der Waals surface area (Å²) in [5, 5.41) is 18.1. The molecule has 0 atom stereocenters. The SMILES string of the molecule is CC(C(=O)OC(c1ccccc1)(c1ccccc1)c1ccccc1)=C(CC(=O)O)OO. The van der Waals surface area contributed by atoms with Crippen LogP contribution >= 0.6 is 0 Å². The summed E-state index contributed by atoms with van der Waals surface area (Å²) >= 11 is 0. The highest BCUT2D eigenvalue weighted by atomic mass is 17.1. The van der Waals surface area contributed by atoms with Crippen molar-refractivity contribution in [3.8, 4) is 0 Å². The molecule has 3 aromatic rings. The Hall–Kier alpha value is -3.90. The van der Waals surface area contributed by atoms with Crippen molar-refractivity contribution in [1.29, 1.82) is 0 Å². The fourth-order valence-corrected chi connectivity index (χ4v) is 3.40. The molecule has 0 saturated heterocycles. The number of carboxylic acids is 1. The number of ether oxygens (including phenoxy) is 1. The molecule has 0 unspecified atom stereocenters. The molecule has 158 valence electrons. The van der Waals surface area contributed by atoms with Crippen molar-refractivity contribution in [2.45, 2.75) is 18.9 Å². The topological polar surface area (TPSA) is 93.1 Å².